The van der Waals surface area contributed by atoms with Gasteiger partial charge in [0, 0.05) is 42.8 Å². The van der Waals surface area contributed by atoms with Crippen LogP contribution in [0, 0.1) is 25.0 Å². The molecule has 0 unspecified atom stereocenters. The zero-order valence-electron chi connectivity index (χ0n) is 39.3. The fourth-order valence-electron chi connectivity index (χ4n) is 8.85. The number of pyridine rings is 2. The Kier molecular flexibility index (Phi) is 13.5. The van der Waals surface area contributed by atoms with Crippen molar-refractivity contribution in [2.24, 2.45) is 5.92 Å². The van der Waals surface area contributed by atoms with E-state index in [0.29, 0.717) is 5.92 Å². The van der Waals surface area contributed by atoms with Crippen molar-refractivity contribution in [3.63, 3.8) is 0 Å². The molecule has 0 aliphatic rings. The first-order chi connectivity index (χ1) is 31.3. The van der Waals surface area contributed by atoms with Crippen LogP contribution in [0.25, 0.3) is 83.6 Å². The molecule has 10 aromatic rings. The summed E-state index contributed by atoms with van der Waals surface area (Å²) in [7, 11) is 0. The minimum atomic E-state index is -1.86. The van der Waals surface area contributed by atoms with E-state index in [1.807, 2.05) is 49.5 Å². The molecule has 1 radical (unpaired) electrons. The molecule has 0 aliphatic heterocycles. The molecule has 5 nitrogen and oxygen atoms in total. The molecular weight excluding hydrogens is 1050 g/mol. The Morgan fingerprint density at radius 1 is 0.697 bits per heavy atom. The Morgan fingerprint density at radius 3 is 1.95 bits per heavy atom. The second-order valence-corrected chi connectivity index (χ2v) is 30.1. The van der Waals surface area contributed by atoms with Gasteiger partial charge in [-0.25, -0.2) is 0 Å². The van der Waals surface area contributed by atoms with E-state index in [4.69, 9.17) is 14.4 Å². The van der Waals surface area contributed by atoms with Crippen molar-refractivity contribution < 1.29 is 24.5 Å². The molecule has 0 N–H and O–H groups in total. The fraction of sp³-hybridized carbons (Fsp3) is 0.203. The van der Waals surface area contributed by atoms with Gasteiger partial charge in [0.15, 0.2) is 0 Å². The summed E-state index contributed by atoms with van der Waals surface area (Å²) < 4.78 is 10.5. The van der Waals surface area contributed by atoms with Gasteiger partial charge in [-0.3, -0.25) is 9.97 Å². The van der Waals surface area contributed by atoms with Crippen LogP contribution in [-0.2, 0) is 31.9 Å². The van der Waals surface area contributed by atoms with Gasteiger partial charge in [-0.05, 0) is 59.4 Å². The van der Waals surface area contributed by atoms with Crippen molar-refractivity contribution in [1.82, 2.24) is 19.5 Å². The van der Waals surface area contributed by atoms with Gasteiger partial charge in [-0.2, -0.15) is 0 Å². The van der Waals surface area contributed by atoms with E-state index in [0.717, 1.165) is 95.7 Å². The monoisotopic (exact) mass is 1100 g/mol. The molecule has 333 valence electrons. The third-order valence-corrected chi connectivity index (χ3v) is 16.4. The molecule has 0 aliphatic carbocycles. The number of hydrogen-bond acceptors (Lipinski definition) is 4. The molecule has 0 saturated carbocycles. The molecule has 6 aromatic carbocycles. The van der Waals surface area contributed by atoms with Gasteiger partial charge in [0.25, 0.3) is 0 Å². The number of benzene rings is 6. The van der Waals surface area contributed by atoms with Crippen molar-refractivity contribution >= 4 is 50.6 Å². The van der Waals surface area contributed by atoms with Crippen LogP contribution in [0.4, 0.5) is 0 Å². The quantitative estimate of drug-likeness (QED) is 0.112. The number of aromatic nitrogens is 4. The Bertz CT molecular complexity index is 3230. The molecule has 0 atom stereocenters. The summed E-state index contributed by atoms with van der Waals surface area (Å²) in [6.07, 6.45) is 5.11. The van der Waals surface area contributed by atoms with Crippen molar-refractivity contribution in [2.45, 2.75) is 70.6 Å². The minimum absolute atomic E-state index is 0. The molecule has 0 amide bonds. The number of rotatable bonds is 8. The van der Waals surface area contributed by atoms with Gasteiger partial charge in [0.2, 0.25) is 0 Å². The van der Waals surface area contributed by atoms with Gasteiger partial charge in [-0.15, -0.1) is 18.2 Å². The standard InChI is InChI=1S/C41H32N3O.C18H24GeN.Ir/c1-26-38-31(22-23-42-26)30-18-13-19-32(39(30)45-38)40-43-35-20-11-12-21-36(35)44(40)37-33(27-14-7-5-8-15-27)24-29(41(2,3)4)25-34(37)28-16-9-6-10-17-28;1-14(2)11-16-12-18(15-9-7-6-8-10-15)20-13-17(16)19(3,4)5;/h5-18,20-25H,1-4H3;6-9,12-14H,11H2,1-5H3;/q2*-1;. The molecular formula is C59H56GeIrN4O-2. The van der Waals surface area contributed by atoms with Crippen LogP contribution in [0.1, 0.15) is 51.4 Å². The Morgan fingerprint density at radius 2 is 1.33 bits per heavy atom. The van der Waals surface area contributed by atoms with Gasteiger partial charge < -0.3 is 8.98 Å². The SMILES string of the molecule is CC(C)Cc1cc(-c2[c-]cccc2)nc[c]1[Ge]([CH3])([CH3])[CH3].Cc1nccc2c1oc1c(-c3nc4ccccc4n3-c3c(-c4ccccc4)cc(C(C)(C)C)cc3-c3ccccc3)[c-]ccc12.[Ir]. The first-order valence-corrected chi connectivity index (χ1v) is 30.0. The average Bonchev–Trinajstić information content (AvgIpc) is 3.89. The second-order valence-electron chi connectivity index (χ2n) is 19.5. The van der Waals surface area contributed by atoms with Crippen LogP contribution in [0.2, 0.25) is 17.3 Å². The van der Waals surface area contributed by atoms with E-state index in [1.165, 1.54) is 11.1 Å². The number of nitrogens with zero attached hydrogens (tertiary/aromatic N) is 4. The molecule has 0 bridgehead atoms. The summed E-state index contributed by atoms with van der Waals surface area (Å²) >= 11 is -1.86. The molecule has 0 saturated heterocycles. The summed E-state index contributed by atoms with van der Waals surface area (Å²) in [6.45, 7) is 13.4. The third kappa shape index (κ3) is 9.37. The first-order valence-electron chi connectivity index (χ1n) is 22.7. The normalized spacial score (nSPS) is 11.8. The predicted molar refractivity (Wildman–Crippen MR) is 275 cm³/mol. The van der Waals surface area contributed by atoms with Gasteiger partial charge in [0.1, 0.15) is 5.58 Å². The topological polar surface area (TPSA) is 56.7 Å². The maximum absolute atomic E-state index is 6.60. The Labute approximate surface area is 406 Å². The second kappa shape index (κ2) is 19.1. The van der Waals surface area contributed by atoms with E-state index < -0.39 is 13.3 Å². The summed E-state index contributed by atoms with van der Waals surface area (Å²) in [6, 6.07) is 57.7. The van der Waals surface area contributed by atoms with Gasteiger partial charge in [-0.1, -0.05) is 105 Å². The van der Waals surface area contributed by atoms with E-state index in [1.54, 1.807) is 4.40 Å². The third-order valence-electron chi connectivity index (χ3n) is 12.1. The largest absolute Gasteiger partial charge is 0.499 e. The average molecular weight is 1100 g/mol. The smallest absolute Gasteiger partial charge is 0.142 e. The van der Waals surface area contributed by atoms with Crippen molar-refractivity contribution in [2.75, 3.05) is 0 Å². The predicted octanol–water partition coefficient (Wildman–Crippen LogP) is 15.0. The Balaban J connectivity index is 0.000000238. The van der Waals surface area contributed by atoms with E-state index >= 15 is 0 Å². The molecule has 7 heteroatoms. The summed E-state index contributed by atoms with van der Waals surface area (Å²) in [5, 5.41) is 2.07. The maximum Gasteiger partial charge on any atom is 0.142 e. The zero-order chi connectivity index (χ0) is 45.5. The number of fused-ring (bicyclic) bond motifs is 4. The number of imidazole rings is 1. The molecule has 66 heavy (non-hydrogen) atoms. The number of furan rings is 1. The van der Waals surface area contributed by atoms with E-state index in [9.17, 15) is 0 Å². The maximum atomic E-state index is 6.60. The van der Waals surface area contributed by atoms with Gasteiger partial charge >= 0.3 is 126 Å². The fourth-order valence-corrected chi connectivity index (χ4v) is 12.2. The zero-order valence-corrected chi connectivity index (χ0v) is 43.8. The summed E-state index contributed by atoms with van der Waals surface area (Å²) in [5.41, 5.74) is 15.6. The molecule has 0 spiro atoms. The number of aryl methyl sites for hydroxylation is 1. The van der Waals surface area contributed by atoms with Crippen LogP contribution in [0.15, 0.2) is 162 Å². The van der Waals surface area contributed by atoms with Crippen LogP contribution in [-0.4, -0.2) is 32.8 Å². The van der Waals surface area contributed by atoms with Crippen LogP contribution in [0.5, 0.6) is 0 Å². The molecule has 4 heterocycles. The van der Waals surface area contributed by atoms with E-state index in [2.05, 4.69) is 189 Å². The molecule has 10 rings (SSSR count). The van der Waals surface area contributed by atoms with Gasteiger partial charge in [0.05, 0.1) is 33.8 Å². The number of para-hydroxylation sites is 2. The van der Waals surface area contributed by atoms with Crippen molar-refractivity contribution in [3.05, 3.63) is 187 Å². The molecule has 4 aromatic heterocycles. The van der Waals surface area contributed by atoms with Crippen molar-refractivity contribution in [1.29, 1.82) is 0 Å². The van der Waals surface area contributed by atoms with E-state index in [-0.39, 0.29) is 25.5 Å². The minimum Gasteiger partial charge on any atom is -0.499 e. The summed E-state index contributed by atoms with van der Waals surface area (Å²) in [4.78, 5) is 14.5. The van der Waals surface area contributed by atoms with Crippen molar-refractivity contribution in [3.8, 4) is 50.6 Å². The van der Waals surface area contributed by atoms with Crippen LogP contribution < -0.4 is 4.40 Å². The first kappa shape index (κ1) is 46.6. The molecule has 0 fully saturated rings. The van der Waals surface area contributed by atoms with Crippen LogP contribution in [0.3, 0.4) is 0 Å². The van der Waals surface area contributed by atoms with Crippen LogP contribution >= 0.6 is 0 Å². The number of hydrogen-bond donors (Lipinski definition) is 0. The Hall–Kier alpha value is -5.92. The summed E-state index contributed by atoms with van der Waals surface area (Å²) in [5.74, 6) is 8.78.